The average Bonchev–Trinajstić information content (AvgIpc) is 2.86. The van der Waals surface area contributed by atoms with Crippen LogP contribution in [0.1, 0.15) is 49.8 Å². The highest BCUT2D eigenvalue weighted by Gasteiger charge is 2.21. The van der Waals surface area contributed by atoms with Gasteiger partial charge in [0.25, 0.3) is 0 Å². The van der Waals surface area contributed by atoms with Crippen LogP contribution < -0.4 is 0 Å². The molecule has 98 valence electrons. The van der Waals surface area contributed by atoms with Crippen molar-refractivity contribution in [3.05, 3.63) is 22.4 Å². The summed E-state index contributed by atoms with van der Waals surface area (Å²) in [7, 11) is 0. The molecule has 0 radical (unpaired) electrons. The number of hydrogen-bond donors (Lipinski definition) is 0. The molecular weight excluding hydrogens is 246 g/mol. The van der Waals surface area contributed by atoms with Crippen molar-refractivity contribution in [1.29, 1.82) is 0 Å². The van der Waals surface area contributed by atoms with Crippen LogP contribution in [-0.2, 0) is 16.1 Å². The Bertz CT molecular complexity index is 380. The number of carbonyl (C=O) groups is 2. The predicted molar refractivity (Wildman–Crippen MR) is 72.2 cm³/mol. The zero-order valence-electron chi connectivity index (χ0n) is 10.6. The molecule has 0 saturated carbocycles. The molecule has 2 heterocycles. The fraction of sp³-hybridized carbons (Fsp3) is 0.571. The van der Waals surface area contributed by atoms with E-state index >= 15 is 0 Å². The molecule has 0 unspecified atom stereocenters. The molecule has 0 bridgehead atoms. The summed E-state index contributed by atoms with van der Waals surface area (Å²) in [6, 6.07) is 3.93. The minimum atomic E-state index is -0.00435. The van der Waals surface area contributed by atoms with Crippen LogP contribution >= 0.6 is 11.3 Å². The summed E-state index contributed by atoms with van der Waals surface area (Å²) >= 11 is 1.60. The molecule has 2 amide bonds. The van der Waals surface area contributed by atoms with Gasteiger partial charge in [0.15, 0.2) is 0 Å². The molecule has 0 aliphatic carbocycles. The summed E-state index contributed by atoms with van der Waals surface area (Å²) in [6.45, 7) is 0.454. The molecular formula is C14H19NO2S. The second-order valence-corrected chi connectivity index (χ2v) is 5.75. The highest BCUT2D eigenvalue weighted by molar-refractivity contribution is 7.09. The van der Waals surface area contributed by atoms with Gasteiger partial charge in [-0.05, 0) is 24.3 Å². The average molecular weight is 265 g/mol. The summed E-state index contributed by atoms with van der Waals surface area (Å²) in [6.07, 6.45) is 6.19. The summed E-state index contributed by atoms with van der Waals surface area (Å²) in [5.41, 5.74) is 0. The van der Waals surface area contributed by atoms with E-state index in [1.54, 1.807) is 11.3 Å². The fourth-order valence-electron chi connectivity index (χ4n) is 2.23. The lowest BCUT2D eigenvalue weighted by Crippen LogP contribution is -2.36. The van der Waals surface area contributed by atoms with Gasteiger partial charge < -0.3 is 0 Å². The second kappa shape index (κ2) is 6.69. The predicted octanol–water partition coefficient (Wildman–Crippen LogP) is 3.35. The largest absolute Gasteiger partial charge is 0.277 e. The Morgan fingerprint density at radius 2 is 1.61 bits per heavy atom. The van der Waals surface area contributed by atoms with Crippen molar-refractivity contribution in [2.45, 2.75) is 51.5 Å². The molecule has 0 N–H and O–H groups in total. The van der Waals surface area contributed by atoms with E-state index in [0.29, 0.717) is 19.4 Å². The zero-order valence-corrected chi connectivity index (χ0v) is 11.4. The summed E-state index contributed by atoms with van der Waals surface area (Å²) < 4.78 is 0. The van der Waals surface area contributed by atoms with Gasteiger partial charge in [-0.15, -0.1) is 11.3 Å². The van der Waals surface area contributed by atoms with E-state index in [2.05, 4.69) is 0 Å². The molecule has 4 heteroatoms. The number of imide groups is 1. The Morgan fingerprint density at radius 3 is 2.17 bits per heavy atom. The molecule has 1 aliphatic rings. The molecule has 1 aromatic rings. The Hall–Kier alpha value is -1.16. The first-order valence-corrected chi connectivity index (χ1v) is 7.51. The second-order valence-electron chi connectivity index (χ2n) is 4.72. The molecule has 0 spiro atoms. The molecule has 0 atom stereocenters. The van der Waals surface area contributed by atoms with Gasteiger partial charge in [-0.3, -0.25) is 14.5 Å². The Balaban J connectivity index is 2.05. The van der Waals surface area contributed by atoms with Crippen LogP contribution in [0.2, 0.25) is 0 Å². The summed E-state index contributed by atoms with van der Waals surface area (Å²) in [4.78, 5) is 26.7. The summed E-state index contributed by atoms with van der Waals surface area (Å²) in [5.74, 6) is -0.00870. The van der Waals surface area contributed by atoms with Gasteiger partial charge in [0.2, 0.25) is 11.8 Å². The van der Waals surface area contributed by atoms with E-state index < -0.39 is 0 Å². The molecule has 18 heavy (non-hydrogen) atoms. The van der Waals surface area contributed by atoms with Gasteiger partial charge in [-0.1, -0.05) is 25.3 Å². The smallest absolute Gasteiger partial charge is 0.229 e. The third-order valence-electron chi connectivity index (χ3n) is 3.28. The highest BCUT2D eigenvalue weighted by Crippen LogP contribution is 2.17. The normalized spacial score (nSPS) is 19.0. The van der Waals surface area contributed by atoms with Crippen molar-refractivity contribution in [3.63, 3.8) is 0 Å². The SMILES string of the molecule is O=C1CCCCCCCC(=O)N1Cc1cccs1. The van der Waals surface area contributed by atoms with Gasteiger partial charge >= 0.3 is 0 Å². The maximum Gasteiger partial charge on any atom is 0.229 e. The van der Waals surface area contributed by atoms with Crippen molar-refractivity contribution in [2.75, 3.05) is 0 Å². The number of amides is 2. The first kappa shape index (κ1) is 13.3. The minimum Gasteiger partial charge on any atom is -0.277 e. The molecule has 2 rings (SSSR count). The fourth-order valence-corrected chi connectivity index (χ4v) is 2.92. The highest BCUT2D eigenvalue weighted by atomic mass is 32.1. The first-order valence-electron chi connectivity index (χ1n) is 6.63. The molecule has 3 nitrogen and oxygen atoms in total. The number of rotatable bonds is 2. The standard InChI is InChI=1S/C14H19NO2S/c16-13-8-4-2-1-3-5-9-14(17)15(13)11-12-7-6-10-18-12/h6-7,10H,1-5,8-9,11H2. The van der Waals surface area contributed by atoms with Crippen LogP contribution in [0.3, 0.4) is 0 Å². The van der Waals surface area contributed by atoms with Gasteiger partial charge in [0.1, 0.15) is 0 Å². The molecule has 0 aromatic carbocycles. The lowest BCUT2D eigenvalue weighted by molar-refractivity contribution is -0.145. The van der Waals surface area contributed by atoms with Gasteiger partial charge in [-0.25, -0.2) is 0 Å². The van der Waals surface area contributed by atoms with Crippen molar-refractivity contribution in [3.8, 4) is 0 Å². The number of thiophene rings is 1. The van der Waals surface area contributed by atoms with E-state index in [-0.39, 0.29) is 11.8 Å². The van der Waals surface area contributed by atoms with E-state index in [1.807, 2.05) is 17.5 Å². The first-order chi connectivity index (χ1) is 8.77. The summed E-state index contributed by atoms with van der Waals surface area (Å²) in [5, 5.41) is 1.98. The number of hydrogen-bond acceptors (Lipinski definition) is 3. The van der Waals surface area contributed by atoms with Crippen molar-refractivity contribution in [1.82, 2.24) is 4.90 Å². The van der Waals surface area contributed by atoms with E-state index in [4.69, 9.17) is 0 Å². The number of nitrogens with zero attached hydrogens (tertiary/aromatic N) is 1. The quantitative estimate of drug-likeness (QED) is 0.769. The van der Waals surface area contributed by atoms with Gasteiger partial charge in [-0.2, -0.15) is 0 Å². The zero-order chi connectivity index (χ0) is 12.8. The molecule has 1 fully saturated rings. The molecule has 1 saturated heterocycles. The maximum absolute atomic E-state index is 12.1. The van der Waals surface area contributed by atoms with Gasteiger partial charge in [0.05, 0.1) is 6.54 Å². The van der Waals surface area contributed by atoms with Crippen LogP contribution in [0, 0.1) is 0 Å². The topological polar surface area (TPSA) is 37.4 Å². The van der Waals surface area contributed by atoms with Crippen LogP contribution in [0.25, 0.3) is 0 Å². The third kappa shape index (κ3) is 3.67. The van der Waals surface area contributed by atoms with Crippen LogP contribution in [0.5, 0.6) is 0 Å². The Labute approximate surface area is 112 Å². The lowest BCUT2D eigenvalue weighted by Gasteiger charge is -2.21. The van der Waals surface area contributed by atoms with Crippen molar-refractivity contribution < 1.29 is 9.59 Å². The van der Waals surface area contributed by atoms with E-state index in [1.165, 1.54) is 4.90 Å². The maximum atomic E-state index is 12.1. The van der Waals surface area contributed by atoms with Crippen molar-refractivity contribution in [2.24, 2.45) is 0 Å². The van der Waals surface area contributed by atoms with Crippen molar-refractivity contribution >= 4 is 23.2 Å². The molecule has 1 aliphatic heterocycles. The Kier molecular flexibility index (Phi) is 4.93. The van der Waals surface area contributed by atoms with Crippen LogP contribution in [0.4, 0.5) is 0 Å². The molecule has 1 aromatic heterocycles. The van der Waals surface area contributed by atoms with Crippen LogP contribution in [0.15, 0.2) is 17.5 Å². The van der Waals surface area contributed by atoms with E-state index in [9.17, 15) is 9.59 Å². The Morgan fingerprint density at radius 1 is 1.00 bits per heavy atom. The minimum absolute atomic E-state index is 0.00435. The number of carbonyl (C=O) groups excluding carboxylic acids is 2. The van der Waals surface area contributed by atoms with E-state index in [0.717, 1.165) is 37.0 Å². The monoisotopic (exact) mass is 265 g/mol. The third-order valence-corrected chi connectivity index (χ3v) is 4.14. The lowest BCUT2D eigenvalue weighted by atomic mass is 10.1. The van der Waals surface area contributed by atoms with Gasteiger partial charge in [0, 0.05) is 17.7 Å². The van der Waals surface area contributed by atoms with Crippen LogP contribution in [-0.4, -0.2) is 16.7 Å².